The van der Waals surface area contributed by atoms with E-state index in [4.69, 9.17) is 10.1 Å². The number of rotatable bonds is 4. The molecule has 0 bridgehead atoms. The second kappa shape index (κ2) is 9.00. The van der Waals surface area contributed by atoms with E-state index >= 15 is 0 Å². The summed E-state index contributed by atoms with van der Waals surface area (Å²) in [6, 6.07) is 17.4. The molecular formula is C26H23N3O3S. The summed E-state index contributed by atoms with van der Waals surface area (Å²) in [5.41, 5.74) is 3.46. The van der Waals surface area contributed by atoms with E-state index < -0.39 is 23.4 Å². The number of benzene rings is 2. The Kier molecular flexibility index (Phi) is 6.12. The van der Waals surface area contributed by atoms with Crippen LogP contribution in [0.4, 0.5) is 0 Å². The summed E-state index contributed by atoms with van der Waals surface area (Å²) in [6.45, 7) is 5.77. The summed E-state index contributed by atoms with van der Waals surface area (Å²) in [5, 5.41) is 18.7. The fraction of sp³-hybridized carbons (Fsp3) is 0.231. The van der Waals surface area contributed by atoms with Crippen molar-refractivity contribution in [1.29, 1.82) is 10.7 Å². The molecule has 2 unspecified atom stereocenters. The van der Waals surface area contributed by atoms with Crippen molar-refractivity contribution < 1.29 is 9.53 Å². The number of hydrogen-bond donors (Lipinski definition) is 1. The molecule has 0 radical (unpaired) electrons. The Bertz CT molecular complexity index is 1490. The van der Waals surface area contributed by atoms with Gasteiger partial charge in [-0.25, -0.2) is 4.79 Å². The number of thiazole rings is 1. The van der Waals surface area contributed by atoms with Gasteiger partial charge in [-0.05, 0) is 38.0 Å². The molecule has 0 spiro atoms. The van der Waals surface area contributed by atoms with Gasteiger partial charge in [-0.15, -0.1) is 11.3 Å². The lowest BCUT2D eigenvalue weighted by Crippen LogP contribution is -2.47. The van der Waals surface area contributed by atoms with E-state index in [0.29, 0.717) is 9.20 Å². The lowest BCUT2D eigenvalue weighted by atomic mass is 9.78. The molecule has 166 valence electrons. The number of esters is 1. The van der Waals surface area contributed by atoms with Gasteiger partial charge in [0.15, 0.2) is 0 Å². The Morgan fingerprint density at radius 1 is 1.21 bits per heavy atom. The molecular weight excluding hydrogens is 434 g/mol. The number of aryl methyl sites for hydroxylation is 2. The predicted molar refractivity (Wildman–Crippen MR) is 129 cm³/mol. The maximum absolute atomic E-state index is 13.3. The number of nitriles is 1. The van der Waals surface area contributed by atoms with E-state index in [1.54, 1.807) is 13.0 Å². The Labute approximate surface area is 195 Å². The summed E-state index contributed by atoms with van der Waals surface area (Å²) in [6.07, 6.45) is 1.75. The van der Waals surface area contributed by atoms with Gasteiger partial charge in [0, 0.05) is 5.92 Å². The van der Waals surface area contributed by atoms with Crippen LogP contribution >= 0.6 is 11.3 Å². The van der Waals surface area contributed by atoms with Crippen LogP contribution in [0.3, 0.4) is 0 Å². The minimum atomic E-state index is -1.00. The molecule has 0 saturated carbocycles. The molecule has 1 N–H and O–H groups in total. The van der Waals surface area contributed by atoms with Gasteiger partial charge in [0.05, 0.1) is 22.8 Å². The van der Waals surface area contributed by atoms with E-state index in [9.17, 15) is 14.9 Å². The first-order chi connectivity index (χ1) is 15.8. The van der Waals surface area contributed by atoms with Gasteiger partial charge in [0.1, 0.15) is 16.4 Å². The predicted octanol–water partition coefficient (Wildman–Crippen LogP) is 2.83. The highest BCUT2D eigenvalue weighted by molar-refractivity contribution is 7.07. The monoisotopic (exact) mass is 457 g/mol. The van der Waals surface area contributed by atoms with Gasteiger partial charge in [-0.1, -0.05) is 59.7 Å². The molecule has 4 rings (SSSR count). The number of ether oxygens (including phenoxy) is 1. The molecule has 1 aromatic heterocycles. The van der Waals surface area contributed by atoms with Gasteiger partial charge < -0.3 is 4.74 Å². The van der Waals surface area contributed by atoms with Crippen LogP contribution in [-0.4, -0.2) is 23.0 Å². The van der Waals surface area contributed by atoms with E-state index in [1.165, 1.54) is 4.57 Å². The normalized spacial score (nSPS) is 18.1. The van der Waals surface area contributed by atoms with Crippen LogP contribution in [0.2, 0.25) is 0 Å². The standard InChI is InChI=1S/C26H23N3O3S/c1-4-32-26(31)22-21(18-10-6-8-16(3)12-18)19(14-27)23(28)29-24(30)20(33-25(22)29)13-17-9-5-7-15(2)11-17/h5-13,19,21,28H,4H2,1-3H3/b20-13+,28-23?. The Balaban J connectivity index is 2.08. The fourth-order valence-corrected chi connectivity index (χ4v) is 5.35. The Morgan fingerprint density at radius 2 is 1.91 bits per heavy atom. The average Bonchev–Trinajstić information content (AvgIpc) is 3.09. The third-order valence-electron chi connectivity index (χ3n) is 5.61. The topological polar surface area (TPSA) is 95.9 Å². The highest BCUT2D eigenvalue weighted by Crippen LogP contribution is 2.36. The summed E-state index contributed by atoms with van der Waals surface area (Å²) in [5.74, 6) is -2.41. The molecule has 0 saturated heterocycles. The van der Waals surface area contributed by atoms with Gasteiger partial charge in [0.2, 0.25) is 0 Å². The lowest BCUT2D eigenvalue weighted by molar-refractivity contribution is -0.136. The van der Waals surface area contributed by atoms with Crippen molar-refractivity contribution in [2.24, 2.45) is 5.92 Å². The smallest absolute Gasteiger partial charge is 0.337 e. The number of aromatic nitrogens is 1. The van der Waals surface area contributed by atoms with Crippen LogP contribution in [0.1, 0.15) is 35.1 Å². The molecule has 0 aliphatic carbocycles. The number of nitrogens with zero attached hydrogens (tertiary/aromatic N) is 2. The van der Waals surface area contributed by atoms with Gasteiger partial charge in [0.25, 0.3) is 5.56 Å². The highest BCUT2D eigenvalue weighted by Gasteiger charge is 2.41. The van der Waals surface area contributed by atoms with Crippen LogP contribution in [0.15, 0.2) is 53.3 Å². The van der Waals surface area contributed by atoms with Gasteiger partial charge in [-0.2, -0.15) is 5.26 Å². The summed E-state index contributed by atoms with van der Waals surface area (Å²) < 4.78 is 7.29. The van der Waals surface area contributed by atoms with Crippen molar-refractivity contribution in [2.75, 3.05) is 6.61 Å². The summed E-state index contributed by atoms with van der Waals surface area (Å²) in [7, 11) is 0. The second-order valence-corrected chi connectivity index (χ2v) is 9.02. The first-order valence-electron chi connectivity index (χ1n) is 10.6. The molecule has 2 heterocycles. The zero-order valence-corrected chi connectivity index (χ0v) is 19.4. The minimum Gasteiger partial charge on any atom is -0.463 e. The lowest BCUT2D eigenvalue weighted by Gasteiger charge is -2.28. The maximum atomic E-state index is 13.3. The molecule has 2 atom stereocenters. The first kappa shape index (κ1) is 22.4. The number of nitrogens with one attached hydrogen (secondary N) is 1. The largest absolute Gasteiger partial charge is 0.463 e. The molecule has 6 nitrogen and oxygen atoms in total. The molecule has 1 aliphatic rings. The van der Waals surface area contributed by atoms with E-state index in [-0.39, 0.29) is 18.0 Å². The van der Waals surface area contributed by atoms with Crippen LogP contribution in [0, 0.1) is 36.5 Å². The third kappa shape index (κ3) is 4.06. The van der Waals surface area contributed by atoms with Crippen LogP contribution in [-0.2, 0) is 9.53 Å². The van der Waals surface area contributed by atoms with Crippen molar-refractivity contribution in [3.05, 3.63) is 90.3 Å². The highest BCUT2D eigenvalue weighted by atomic mass is 32.1. The second-order valence-electron chi connectivity index (χ2n) is 7.99. The van der Waals surface area contributed by atoms with Crippen molar-refractivity contribution in [3.63, 3.8) is 0 Å². The SMILES string of the molecule is CCOC(=O)C1=c2s/c(=C/c3cccc(C)c3)c(=O)n2C(=N)C(C#N)C1c1cccc(C)c1. The van der Waals surface area contributed by atoms with E-state index in [2.05, 4.69) is 6.07 Å². The zero-order valence-electron chi connectivity index (χ0n) is 18.6. The van der Waals surface area contributed by atoms with Crippen LogP contribution in [0.5, 0.6) is 0 Å². The molecule has 3 aromatic rings. The van der Waals surface area contributed by atoms with Crippen molar-refractivity contribution in [2.45, 2.75) is 26.7 Å². The molecule has 2 aromatic carbocycles. The molecule has 0 amide bonds. The third-order valence-corrected chi connectivity index (χ3v) is 6.72. The average molecular weight is 458 g/mol. The Hall–Kier alpha value is -3.76. The fourth-order valence-electron chi connectivity index (χ4n) is 4.17. The summed E-state index contributed by atoms with van der Waals surface area (Å²) >= 11 is 1.15. The number of fused-ring (bicyclic) bond motifs is 1. The van der Waals surface area contributed by atoms with Crippen LogP contribution < -0.4 is 14.8 Å². The maximum Gasteiger partial charge on any atom is 0.337 e. The molecule has 33 heavy (non-hydrogen) atoms. The summed E-state index contributed by atoms with van der Waals surface area (Å²) in [4.78, 5) is 26.5. The van der Waals surface area contributed by atoms with Crippen molar-refractivity contribution in [3.8, 4) is 6.07 Å². The number of hydrogen-bond acceptors (Lipinski definition) is 6. The van der Waals surface area contributed by atoms with Gasteiger partial charge >= 0.3 is 5.97 Å². The molecule has 0 fully saturated rings. The zero-order chi connectivity index (χ0) is 23.7. The Morgan fingerprint density at radius 3 is 2.55 bits per heavy atom. The van der Waals surface area contributed by atoms with E-state index in [1.807, 2.05) is 62.4 Å². The van der Waals surface area contributed by atoms with Gasteiger partial charge in [-0.3, -0.25) is 14.8 Å². The van der Waals surface area contributed by atoms with Crippen molar-refractivity contribution >= 4 is 34.8 Å². The van der Waals surface area contributed by atoms with Crippen molar-refractivity contribution in [1.82, 2.24) is 4.57 Å². The molecule has 1 aliphatic heterocycles. The van der Waals surface area contributed by atoms with E-state index in [0.717, 1.165) is 33.6 Å². The molecule has 7 heteroatoms. The number of carbonyl (C=O) groups excluding carboxylic acids is 1. The quantitative estimate of drug-likeness (QED) is 0.610. The van der Waals surface area contributed by atoms with Crippen LogP contribution in [0.25, 0.3) is 11.6 Å². The number of carbonyl (C=O) groups is 1. The minimum absolute atomic E-state index is 0.128. The first-order valence-corrected chi connectivity index (χ1v) is 11.4.